The van der Waals surface area contributed by atoms with Gasteiger partial charge in [0.15, 0.2) is 0 Å². The summed E-state index contributed by atoms with van der Waals surface area (Å²) in [5.41, 5.74) is 2.43. The van der Waals surface area contributed by atoms with E-state index < -0.39 is 0 Å². The second-order valence-electron chi connectivity index (χ2n) is 6.67. The van der Waals surface area contributed by atoms with Crippen molar-refractivity contribution in [1.29, 1.82) is 0 Å². The summed E-state index contributed by atoms with van der Waals surface area (Å²) in [5.74, 6) is 1.72. The molecule has 0 atom stereocenters. The van der Waals surface area contributed by atoms with E-state index >= 15 is 0 Å². The third-order valence-corrected chi connectivity index (χ3v) is 4.69. The summed E-state index contributed by atoms with van der Waals surface area (Å²) in [4.78, 5) is 29.4. The van der Waals surface area contributed by atoms with E-state index in [1.807, 2.05) is 31.2 Å². The van der Waals surface area contributed by atoms with Gasteiger partial charge in [-0.05, 0) is 31.2 Å². The predicted molar refractivity (Wildman–Crippen MR) is 108 cm³/mol. The van der Waals surface area contributed by atoms with Crippen molar-refractivity contribution in [3.63, 3.8) is 0 Å². The number of carbonyl (C=O) groups excluding carboxylic acids is 1. The molecule has 0 spiro atoms. The zero-order valence-corrected chi connectivity index (χ0v) is 16.3. The molecule has 2 aromatic heterocycles. The van der Waals surface area contributed by atoms with Crippen LogP contribution in [0.2, 0.25) is 0 Å². The SMILES string of the molecule is COc1cc(C)nc(N2CCN(C(=O)Nc3ccc(-c4ncco4)cc3)CC2)n1. The first-order chi connectivity index (χ1) is 14.1. The van der Waals surface area contributed by atoms with E-state index in [4.69, 9.17) is 9.15 Å². The zero-order chi connectivity index (χ0) is 20.2. The van der Waals surface area contributed by atoms with Crippen LogP contribution < -0.4 is 15.0 Å². The number of piperazine rings is 1. The monoisotopic (exact) mass is 394 g/mol. The first-order valence-corrected chi connectivity index (χ1v) is 9.33. The number of benzene rings is 1. The molecule has 9 nitrogen and oxygen atoms in total. The molecule has 9 heteroatoms. The molecule has 0 unspecified atom stereocenters. The van der Waals surface area contributed by atoms with Crippen molar-refractivity contribution < 1.29 is 13.9 Å². The average molecular weight is 394 g/mol. The molecule has 2 amide bonds. The first-order valence-electron chi connectivity index (χ1n) is 9.33. The smallest absolute Gasteiger partial charge is 0.321 e. The van der Waals surface area contributed by atoms with Gasteiger partial charge in [0.1, 0.15) is 6.26 Å². The van der Waals surface area contributed by atoms with Gasteiger partial charge in [-0.1, -0.05) is 0 Å². The van der Waals surface area contributed by atoms with E-state index in [0.29, 0.717) is 43.9 Å². The number of carbonyl (C=O) groups is 1. The lowest BCUT2D eigenvalue weighted by Gasteiger charge is -2.34. The molecule has 0 saturated carbocycles. The number of urea groups is 1. The van der Waals surface area contributed by atoms with E-state index in [9.17, 15) is 4.79 Å². The Morgan fingerprint density at radius 3 is 2.55 bits per heavy atom. The average Bonchev–Trinajstić information content (AvgIpc) is 3.29. The van der Waals surface area contributed by atoms with Gasteiger partial charge in [-0.3, -0.25) is 0 Å². The van der Waals surface area contributed by atoms with Gasteiger partial charge in [0.05, 0.1) is 13.3 Å². The number of rotatable bonds is 4. The molecule has 29 heavy (non-hydrogen) atoms. The summed E-state index contributed by atoms with van der Waals surface area (Å²) in [5, 5.41) is 2.93. The van der Waals surface area contributed by atoms with Crippen LogP contribution >= 0.6 is 0 Å². The largest absolute Gasteiger partial charge is 0.481 e. The maximum atomic E-state index is 12.6. The van der Waals surface area contributed by atoms with Gasteiger partial charge in [0.25, 0.3) is 0 Å². The van der Waals surface area contributed by atoms with Gasteiger partial charge in [-0.15, -0.1) is 0 Å². The van der Waals surface area contributed by atoms with E-state index in [1.165, 1.54) is 6.26 Å². The third-order valence-electron chi connectivity index (χ3n) is 4.69. The van der Waals surface area contributed by atoms with Crippen LogP contribution in [0.3, 0.4) is 0 Å². The van der Waals surface area contributed by atoms with Crippen LogP contribution in [0.4, 0.5) is 16.4 Å². The number of amides is 2. The standard InChI is InChI=1S/C20H22N6O3/c1-14-13-17(28-2)24-19(22-14)25-8-10-26(11-9-25)20(27)23-16-5-3-15(4-6-16)18-21-7-12-29-18/h3-7,12-13H,8-11H2,1-2H3,(H,23,27). The molecule has 0 bridgehead atoms. The fourth-order valence-corrected chi connectivity index (χ4v) is 3.14. The lowest BCUT2D eigenvalue weighted by atomic mass is 10.2. The highest BCUT2D eigenvalue weighted by Crippen LogP contribution is 2.20. The van der Waals surface area contributed by atoms with Crippen LogP contribution in [0.1, 0.15) is 5.69 Å². The molecular weight excluding hydrogens is 372 g/mol. The van der Waals surface area contributed by atoms with Gasteiger partial charge in [-0.25, -0.2) is 14.8 Å². The molecule has 1 aromatic carbocycles. The van der Waals surface area contributed by atoms with Crippen molar-refractivity contribution in [1.82, 2.24) is 19.9 Å². The summed E-state index contributed by atoms with van der Waals surface area (Å²) in [6.07, 6.45) is 3.13. The number of anilines is 2. The number of aryl methyl sites for hydroxylation is 1. The second kappa shape index (κ2) is 8.17. The molecule has 0 radical (unpaired) electrons. The van der Waals surface area contributed by atoms with Gasteiger partial charge in [0.2, 0.25) is 17.7 Å². The van der Waals surface area contributed by atoms with Crippen LogP contribution in [-0.2, 0) is 0 Å². The highest BCUT2D eigenvalue weighted by Gasteiger charge is 2.23. The minimum Gasteiger partial charge on any atom is -0.481 e. The fraction of sp³-hybridized carbons (Fsp3) is 0.300. The first kappa shape index (κ1) is 18.7. The molecule has 0 aliphatic carbocycles. The Bertz CT molecular complexity index is 966. The number of hydrogen-bond acceptors (Lipinski definition) is 7. The van der Waals surface area contributed by atoms with Crippen molar-refractivity contribution in [2.45, 2.75) is 6.92 Å². The Morgan fingerprint density at radius 1 is 1.14 bits per heavy atom. The van der Waals surface area contributed by atoms with Crippen LogP contribution in [0.15, 0.2) is 47.2 Å². The van der Waals surface area contributed by atoms with E-state index in [1.54, 1.807) is 24.3 Å². The Labute approximate surface area is 168 Å². The summed E-state index contributed by atoms with van der Waals surface area (Å²) in [6.45, 7) is 4.39. The maximum Gasteiger partial charge on any atom is 0.321 e. The van der Waals surface area contributed by atoms with Crippen molar-refractivity contribution in [2.24, 2.45) is 0 Å². The molecule has 3 heterocycles. The van der Waals surface area contributed by atoms with Crippen LogP contribution in [0, 0.1) is 6.92 Å². The van der Waals surface area contributed by atoms with Crippen molar-refractivity contribution in [2.75, 3.05) is 43.5 Å². The molecule has 1 fully saturated rings. The number of nitrogens with zero attached hydrogens (tertiary/aromatic N) is 5. The van der Waals surface area contributed by atoms with E-state index in [-0.39, 0.29) is 6.03 Å². The van der Waals surface area contributed by atoms with Gasteiger partial charge >= 0.3 is 6.03 Å². The lowest BCUT2D eigenvalue weighted by molar-refractivity contribution is 0.208. The Balaban J connectivity index is 1.34. The molecule has 1 aliphatic rings. The number of ether oxygens (including phenoxy) is 1. The molecule has 1 aliphatic heterocycles. The summed E-state index contributed by atoms with van der Waals surface area (Å²) in [7, 11) is 1.59. The Kier molecular flexibility index (Phi) is 5.28. The van der Waals surface area contributed by atoms with E-state index in [0.717, 1.165) is 16.9 Å². The number of aromatic nitrogens is 3. The highest BCUT2D eigenvalue weighted by molar-refractivity contribution is 5.89. The zero-order valence-electron chi connectivity index (χ0n) is 16.3. The lowest BCUT2D eigenvalue weighted by Crippen LogP contribution is -2.50. The summed E-state index contributed by atoms with van der Waals surface area (Å²) in [6, 6.07) is 9.06. The maximum absolute atomic E-state index is 12.6. The number of nitrogens with one attached hydrogen (secondary N) is 1. The van der Waals surface area contributed by atoms with Crippen LogP contribution in [0.5, 0.6) is 5.88 Å². The van der Waals surface area contributed by atoms with Crippen molar-refractivity contribution >= 4 is 17.7 Å². The number of hydrogen-bond donors (Lipinski definition) is 1. The minimum atomic E-state index is -0.128. The summed E-state index contributed by atoms with van der Waals surface area (Å²) < 4.78 is 10.5. The van der Waals surface area contributed by atoms with Crippen LogP contribution in [-0.4, -0.2) is 59.2 Å². The Morgan fingerprint density at radius 2 is 1.90 bits per heavy atom. The number of methoxy groups -OCH3 is 1. The van der Waals surface area contributed by atoms with Crippen molar-refractivity contribution in [3.05, 3.63) is 48.5 Å². The van der Waals surface area contributed by atoms with Gasteiger partial charge in [0, 0.05) is 49.2 Å². The molecular formula is C20H22N6O3. The van der Waals surface area contributed by atoms with Gasteiger partial charge in [-0.2, -0.15) is 4.98 Å². The van der Waals surface area contributed by atoms with E-state index in [2.05, 4.69) is 25.2 Å². The molecule has 1 saturated heterocycles. The fourth-order valence-electron chi connectivity index (χ4n) is 3.14. The second-order valence-corrected chi connectivity index (χ2v) is 6.67. The molecule has 3 aromatic rings. The predicted octanol–water partition coefficient (Wildman–Crippen LogP) is 2.80. The summed E-state index contributed by atoms with van der Waals surface area (Å²) >= 11 is 0. The quantitative estimate of drug-likeness (QED) is 0.727. The third kappa shape index (κ3) is 4.29. The molecule has 4 rings (SSSR count). The van der Waals surface area contributed by atoms with Gasteiger partial charge < -0.3 is 24.3 Å². The normalized spacial score (nSPS) is 14.0. The minimum absolute atomic E-state index is 0.128. The van der Waals surface area contributed by atoms with Crippen molar-refractivity contribution in [3.8, 4) is 17.3 Å². The number of oxazole rings is 1. The highest BCUT2D eigenvalue weighted by atomic mass is 16.5. The molecule has 150 valence electrons. The van der Waals surface area contributed by atoms with Crippen LogP contribution in [0.25, 0.3) is 11.5 Å². The topological polar surface area (TPSA) is 96.6 Å². The molecule has 1 N–H and O–H groups in total. The Hall–Kier alpha value is -3.62.